The van der Waals surface area contributed by atoms with Crippen LogP contribution in [-0.2, 0) is 0 Å². The number of benzene rings is 4. The van der Waals surface area contributed by atoms with Crippen molar-refractivity contribution in [2.45, 2.75) is 6.92 Å². The van der Waals surface area contributed by atoms with Gasteiger partial charge in [-0.1, -0.05) is 84.9 Å². The van der Waals surface area contributed by atoms with E-state index >= 15 is 0 Å². The molecular formula is C30H19N. The van der Waals surface area contributed by atoms with Crippen molar-refractivity contribution in [1.82, 2.24) is 4.98 Å². The highest BCUT2D eigenvalue weighted by Crippen LogP contribution is 2.38. The SMILES string of the molecule is Cc1ccc2c(-c3ccc(-c4ccccc4)cc3)c3ccc4c#cccc4c3nc2c1. The first-order valence-corrected chi connectivity index (χ1v) is 10.5. The standard InChI is InChI=1S/C30H19N/c1-20-11-17-26-28(19-20)31-30-25-10-6-5-9-23(25)16-18-27(30)29(26)24-14-12-22(13-15-24)21-7-3-2-4-8-21/h2-4,6-8,10-19H,1H3. The quantitative estimate of drug-likeness (QED) is 0.274. The lowest BCUT2D eigenvalue weighted by Crippen LogP contribution is -1.91. The van der Waals surface area contributed by atoms with Crippen LogP contribution >= 0.6 is 0 Å². The van der Waals surface area contributed by atoms with Gasteiger partial charge in [-0.15, -0.1) is 0 Å². The minimum atomic E-state index is 1.02. The topological polar surface area (TPSA) is 12.9 Å². The van der Waals surface area contributed by atoms with Crippen LogP contribution in [0.3, 0.4) is 0 Å². The summed E-state index contributed by atoms with van der Waals surface area (Å²) in [5, 5.41) is 4.49. The Morgan fingerprint density at radius 3 is 2.23 bits per heavy atom. The van der Waals surface area contributed by atoms with Crippen molar-refractivity contribution in [2.75, 3.05) is 0 Å². The molecule has 0 saturated carbocycles. The van der Waals surface area contributed by atoms with E-state index in [2.05, 4.69) is 110 Å². The number of hydrogen-bond donors (Lipinski definition) is 0. The normalized spacial score (nSPS) is 11.1. The second-order valence-corrected chi connectivity index (χ2v) is 7.98. The summed E-state index contributed by atoms with van der Waals surface area (Å²) in [5.74, 6) is 0. The first kappa shape index (κ1) is 17.7. The summed E-state index contributed by atoms with van der Waals surface area (Å²) >= 11 is 0. The van der Waals surface area contributed by atoms with E-state index in [-0.39, 0.29) is 0 Å². The number of aromatic nitrogens is 1. The predicted molar refractivity (Wildman–Crippen MR) is 130 cm³/mol. The average molecular weight is 393 g/mol. The van der Waals surface area contributed by atoms with E-state index in [4.69, 9.17) is 4.98 Å². The fourth-order valence-corrected chi connectivity index (χ4v) is 4.43. The summed E-state index contributed by atoms with van der Waals surface area (Å²) < 4.78 is 0. The number of nitrogens with zero attached hydrogens (tertiary/aromatic N) is 1. The zero-order chi connectivity index (χ0) is 20.8. The first-order valence-electron chi connectivity index (χ1n) is 10.5. The molecule has 6 rings (SSSR count). The Bertz CT molecular complexity index is 1560. The third-order valence-corrected chi connectivity index (χ3v) is 5.96. The summed E-state index contributed by atoms with van der Waals surface area (Å²) in [7, 11) is 0. The maximum atomic E-state index is 5.08. The Labute approximate surface area is 181 Å². The predicted octanol–water partition coefficient (Wildman–Crippen LogP) is 7.78. The second kappa shape index (κ2) is 6.97. The Morgan fingerprint density at radius 2 is 1.39 bits per heavy atom. The Hall–Kier alpha value is -4.15. The van der Waals surface area contributed by atoms with Crippen molar-refractivity contribution in [1.29, 1.82) is 0 Å². The van der Waals surface area contributed by atoms with E-state index in [0.717, 1.165) is 27.2 Å². The third-order valence-electron chi connectivity index (χ3n) is 5.96. The highest BCUT2D eigenvalue weighted by Gasteiger charge is 2.13. The van der Waals surface area contributed by atoms with Gasteiger partial charge in [-0.25, -0.2) is 4.98 Å². The molecule has 0 aliphatic heterocycles. The van der Waals surface area contributed by atoms with E-state index in [9.17, 15) is 0 Å². The van der Waals surface area contributed by atoms with Crippen molar-refractivity contribution in [3.63, 3.8) is 0 Å². The minimum absolute atomic E-state index is 1.02. The zero-order valence-electron chi connectivity index (χ0n) is 17.2. The van der Waals surface area contributed by atoms with Crippen molar-refractivity contribution in [3.8, 4) is 22.3 Å². The number of aryl methyl sites for hydroxylation is 1. The highest BCUT2D eigenvalue weighted by molar-refractivity contribution is 6.16. The van der Waals surface area contributed by atoms with E-state index in [1.807, 2.05) is 6.07 Å². The van der Waals surface area contributed by atoms with Crippen LogP contribution in [0.25, 0.3) is 54.8 Å². The van der Waals surface area contributed by atoms with E-state index in [0.29, 0.717) is 0 Å². The Morgan fingerprint density at radius 1 is 0.645 bits per heavy atom. The summed E-state index contributed by atoms with van der Waals surface area (Å²) in [6.07, 6.45) is 0. The van der Waals surface area contributed by atoms with Crippen LogP contribution in [0.1, 0.15) is 5.56 Å². The molecule has 0 aliphatic rings. The van der Waals surface area contributed by atoms with Crippen LogP contribution in [0.2, 0.25) is 0 Å². The lowest BCUT2D eigenvalue weighted by atomic mass is 9.93. The molecule has 1 heteroatoms. The Kier molecular flexibility index (Phi) is 3.98. The van der Waals surface area contributed by atoms with Gasteiger partial charge >= 0.3 is 0 Å². The molecule has 0 saturated heterocycles. The van der Waals surface area contributed by atoms with Gasteiger partial charge in [-0.3, -0.25) is 0 Å². The van der Waals surface area contributed by atoms with Crippen LogP contribution in [0, 0.1) is 19.1 Å². The van der Waals surface area contributed by atoms with Crippen LogP contribution in [0.4, 0.5) is 0 Å². The van der Waals surface area contributed by atoms with Gasteiger partial charge in [0.05, 0.1) is 11.0 Å². The molecule has 0 amide bonds. The van der Waals surface area contributed by atoms with E-state index in [1.165, 1.54) is 33.2 Å². The monoisotopic (exact) mass is 393 g/mol. The van der Waals surface area contributed by atoms with Crippen LogP contribution in [0.5, 0.6) is 0 Å². The molecule has 144 valence electrons. The molecule has 0 radical (unpaired) electrons. The van der Waals surface area contributed by atoms with Gasteiger partial charge in [0.25, 0.3) is 0 Å². The minimum Gasteiger partial charge on any atom is -0.247 e. The van der Waals surface area contributed by atoms with Crippen molar-refractivity contribution >= 4 is 32.6 Å². The summed E-state index contributed by atoms with van der Waals surface area (Å²) in [6.45, 7) is 2.12. The molecule has 6 aromatic rings. The fourth-order valence-electron chi connectivity index (χ4n) is 4.43. The molecule has 5 aromatic carbocycles. The van der Waals surface area contributed by atoms with Gasteiger partial charge in [0.15, 0.2) is 0 Å². The van der Waals surface area contributed by atoms with Gasteiger partial charge in [0, 0.05) is 27.1 Å². The van der Waals surface area contributed by atoms with Gasteiger partial charge in [0.1, 0.15) is 0 Å². The number of rotatable bonds is 2. The summed E-state index contributed by atoms with van der Waals surface area (Å²) in [6, 6.07) is 40.5. The van der Waals surface area contributed by atoms with Crippen LogP contribution < -0.4 is 0 Å². The van der Waals surface area contributed by atoms with E-state index in [1.54, 1.807) is 0 Å². The molecule has 1 nitrogen and oxygen atoms in total. The first-order chi connectivity index (χ1) is 15.3. The van der Waals surface area contributed by atoms with Crippen molar-refractivity contribution < 1.29 is 0 Å². The summed E-state index contributed by atoms with van der Waals surface area (Å²) in [4.78, 5) is 5.08. The van der Waals surface area contributed by atoms with Gasteiger partial charge in [0.2, 0.25) is 0 Å². The van der Waals surface area contributed by atoms with Gasteiger partial charge in [-0.2, -0.15) is 0 Å². The molecule has 0 spiro atoms. The Balaban J connectivity index is 1.66. The highest BCUT2D eigenvalue weighted by atomic mass is 14.7. The molecule has 0 N–H and O–H groups in total. The molecule has 31 heavy (non-hydrogen) atoms. The maximum absolute atomic E-state index is 5.08. The van der Waals surface area contributed by atoms with Crippen molar-refractivity contribution in [3.05, 3.63) is 115 Å². The van der Waals surface area contributed by atoms with Gasteiger partial charge in [-0.05, 0) is 53.4 Å². The molecule has 1 heterocycles. The van der Waals surface area contributed by atoms with Crippen LogP contribution in [0.15, 0.2) is 97.1 Å². The molecule has 1 aromatic heterocycles. The molecule has 0 bridgehead atoms. The molecule has 0 atom stereocenters. The number of hydrogen-bond acceptors (Lipinski definition) is 1. The average Bonchev–Trinajstić information content (AvgIpc) is 2.83. The number of fused-ring (bicyclic) bond motifs is 4. The lowest BCUT2D eigenvalue weighted by molar-refractivity contribution is 1.45. The summed E-state index contributed by atoms with van der Waals surface area (Å²) in [5.41, 5.74) is 8.13. The van der Waals surface area contributed by atoms with E-state index < -0.39 is 0 Å². The fraction of sp³-hybridized carbons (Fsp3) is 0.0333. The lowest BCUT2D eigenvalue weighted by Gasteiger charge is -2.14. The largest absolute Gasteiger partial charge is 0.247 e. The van der Waals surface area contributed by atoms with Gasteiger partial charge < -0.3 is 0 Å². The number of pyridine rings is 1. The molecule has 0 fully saturated rings. The second-order valence-electron chi connectivity index (χ2n) is 7.98. The molecular weight excluding hydrogens is 374 g/mol. The maximum Gasteiger partial charge on any atom is 0.0801 e. The van der Waals surface area contributed by atoms with Crippen LogP contribution in [-0.4, -0.2) is 4.98 Å². The molecule has 0 unspecified atom stereocenters. The third kappa shape index (κ3) is 2.93. The smallest absolute Gasteiger partial charge is 0.0801 e. The zero-order valence-corrected chi connectivity index (χ0v) is 17.2. The molecule has 0 aliphatic carbocycles. The van der Waals surface area contributed by atoms with Crippen molar-refractivity contribution in [2.24, 2.45) is 0 Å².